The topological polar surface area (TPSA) is 29.3 Å². The maximum atomic E-state index is 5.67. The van der Waals surface area contributed by atoms with Gasteiger partial charge in [0, 0.05) is 11.2 Å². The van der Waals surface area contributed by atoms with E-state index in [1.165, 1.54) is 18.4 Å². The van der Waals surface area contributed by atoms with Crippen LogP contribution < -0.4 is 5.73 Å². The van der Waals surface area contributed by atoms with E-state index in [1.54, 1.807) is 0 Å². The van der Waals surface area contributed by atoms with E-state index in [9.17, 15) is 0 Å². The first kappa shape index (κ1) is 14.0. The van der Waals surface area contributed by atoms with Gasteiger partial charge in [-0.25, -0.2) is 0 Å². The van der Waals surface area contributed by atoms with Gasteiger partial charge in [-0.1, -0.05) is 19.1 Å². The Labute approximate surface area is 106 Å². The third-order valence-electron chi connectivity index (χ3n) is 3.84. The molecule has 0 amide bonds. The van der Waals surface area contributed by atoms with Crippen LogP contribution in [-0.2, 0) is 6.42 Å². The maximum Gasteiger partial charge on any atom is 0.0314 e. The molecule has 2 heteroatoms. The van der Waals surface area contributed by atoms with Crippen molar-refractivity contribution in [3.05, 3.63) is 29.8 Å². The first-order valence-corrected chi connectivity index (χ1v) is 6.51. The Hall–Kier alpha value is -1.02. The second-order valence-electron chi connectivity index (χ2n) is 5.43. The second-order valence-corrected chi connectivity index (χ2v) is 5.43. The van der Waals surface area contributed by atoms with E-state index in [-0.39, 0.29) is 0 Å². The van der Waals surface area contributed by atoms with Crippen LogP contribution in [0.2, 0.25) is 0 Å². The molecule has 0 aromatic heterocycles. The molecule has 1 aromatic carbocycles. The lowest BCUT2D eigenvalue weighted by Crippen LogP contribution is -2.41. The second kappa shape index (κ2) is 6.06. The Morgan fingerprint density at radius 2 is 1.76 bits per heavy atom. The number of hydrogen-bond acceptors (Lipinski definition) is 2. The monoisotopic (exact) mass is 234 g/mol. The van der Waals surface area contributed by atoms with E-state index in [0.29, 0.717) is 5.54 Å². The molecule has 2 nitrogen and oxygen atoms in total. The normalized spacial score (nSPS) is 12.1. The summed E-state index contributed by atoms with van der Waals surface area (Å²) in [5.74, 6) is 0. The summed E-state index contributed by atoms with van der Waals surface area (Å²) in [5.41, 5.74) is 8.20. The van der Waals surface area contributed by atoms with E-state index < -0.39 is 0 Å². The van der Waals surface area contributed by atoms with Crippen molar-refractivity contribution < 1.29 is 0 Å². The van der Waals surface area contributed by atoms with Gasteiger partial charge in [-0.15, -0.1) is 0 Å². The van der Waals surface area contributed by atoms with E-state index in [2.05, 4.69) is 44.9 Å². The van der Waals surface area contributed by atoms with Gasteiger partial charge in [-0.05, 0) is 64.4 Å². The van der Waals surface area contributed by atoms with Crippen LogP contribution >= 0.6 is 0 Å². The highest BCUT2D eigenvalue weighted by Crippen LogP contribution is 2.17. The number of hydrogen-bond donors (Lipinski definition) is 1. The zero-order chi connectivity index (χ0) is 12.9. The Morgan fingerprint density at radius 3 is 2.29 bits per heavy atom. The van der Waals surface area contributed by atoms with Gasteiger partial charge < -0.3 is 10.6 Å². The summed E-state index contributed by atoms with van der Waals surface area (Å²) in [5, 5.41) is 0. The molecule has 0 fully saturated rings. The minimum Gasteiger partial charge on any atom is -0.399 e. The van der Waals surface area contributed by atoms with E-state index in [4.69, 9.17) is 5.73 Å². The number of nitrogens with zero attached hydrogens (tertiary/aromatic N) is 1. The van der Waals surface area contributed by atoms with Crippen LogP contribution in [0.3, 0.4) is 0 Å². The standard InChI is InChI=1S/C15H26N2/c1-5-15(2,3)17(4)12-6-7-13-8-10-14(16)11-9-13/h8-11H,5-7,12,16H2,1-4H3. The molecule has 0 heterocycles. The highest BCUT2D eigenvalue weighted by atomic mass is 15.2. The predicted molar refractivity (Wildman–Crippen MR) is 76.2 cm³/mol. The zero-order valence-corrected chi connectivity index (χ0v) is 11.7. The molecule has 0 bridgehead atoms. The molecule has 0 saturated heterocycles. The summed E-state index contributed by atoms with van der Waals surface area (Å²) in [6.45, 7) is 7.99. The average molecular weight is 234 g/mol. The van der Waals surface area contributed by atoms with E-state index in [1.807, 2.05) is 12.1 Å². The summed E-state index contributed by atoms with van der Waals surface area (Å²) in [7, 11) is 2.21. The summed E-state index contributed by atoms with van der Waals surface area (Å²) < 4.78 is 0. The quantitative estimate of drug-likeness (QED) is 0.765. The third kappa shape index (κ3) is 4.39. The van der Waals surface area contributed by atoms with Gasteiger partial charge in [0.15, 0.2) is 0 Å². The third-order valence-corrected chi connectivity index (χ3v) is 3.84. The molecule has 1 aromatic rings. The lowest BCUT2D eigenvalue weighted by atomic mass is 9.99. The van der Waals surface area contributed by atoms with Crippen molar-refractivity contribution in [1.29, 1.82) is 0 Å². The molecule has 0 aliphatic rings. The van der Waals surface area contributed by atoms with Crippen molar-refractivity contribution >= 4 is 5.69 Å². The van der Waals surface area contributed by atoms with Crippen LogP contribution in [0.1, 0.15) is 39.2 Å². The first-order chi connectivity index (χ1) is 7.95. The summed E-state index contributed by atoms with van der Waals surface area (Å²) in [4.78, 5) is 2.45. The van der Waals surface area contributed by atoms with Crippen LogP contribution in [0.5, 0.6) is 0 Å². The maximum absolute atomic E-state index is 5.67. The summed E-state index contributed by atoms with van der Waals surface area (Å²) in [6.07, 6.45) is 3.51. The van der Waals surface area contributed by atoms with Crippen LogP contribution in [0.25, 0.3) is 0 Å². The Morgan fingerprint density at radius 1 is 1.18 bits per heavy atom. The molecule has 1 rings (SSSR count). The molecule has 0 radical (unpaired) electrons. The largest absolute Gasteiger partial charge is 0.399 e. The SMILES string of the molecule is CCC(C)(C)N(C)CCCc1ccc(N)cc1. The first-order valence-electron chi connectivity index (χ1n) is 6.51. The Kier molecular flexibility index (Phi) is 5.01. The van der Waals surface area contributed by atoms with Crippen molar-refractivity contribution in [2.75, 3.05) is 19.3 Å². The number of nitrogen functional groups attached to an aromatic ring is 1. The average Bonchev–Trinajstić information content (AvgIpc) is 2.31. The highest BCUT2D eigenvalue weighted by molar-refractivity contribution is 5.39. The van der Waals surface area contributed by atoms with Crippen molar-refractivity contribution in [1.82, 2.24) is 4.90 Å². The van der Waals surface area contributed by atoms with E-state index in [0.717, 1.165) is 18.7 Å². The van der Waals surface area contributed by atoms with Gasteiger partial charge in [-0.2, -0.15) is 0 Å². The Bertz CT molecular complexity index is 327. The molecule has 0 aliphatic carbocycles. The predicted octanol–water partition coefficient (Wildman–Crippen LogP) is 3.32. The fourth-order valence-corrected chi connectivity index (χ4v) is 1.78. The fourth-order valence-electron chi connectivity index (χ4n) is 1.78. The molecule has 0 unspecified atom stereocenters. The molecule has 0 saturated carbocycles. The molecular formula is C15H26N2. The summed E-state index contributed by atoms with van der Waals surface area (Å²) in [6, 6.07) is 8.21. The molecule has 96 valence electrons. The number of benzene rings is 1. The highest BCUT2D eigenvalue weighted by Gasteiger charge is 2.19. The van der Waals surface area contributed by atoms with Gasteiger partial charge in [-0.3, -0.25) is 0 Å². The minimum atomic E-state index is 0.307. The molecular weight excluding hydrogens is 208 g/mol. The lowest BCUT2D eigenvalue weighted by molar-refractivity contribution is 0.149. The molecule has 0 aliphatic heterocycles. The minimum absolute atomic E-state index is 0.307. The zero-order valence-electron chi connectivity index (χ0n) is 11.7. The van der Waals surface area contributed by atoms with Gasteiger partial charge >= 0.3 is 0 Å². The Balaban J connectivity index is 2.35. The number of rotatable bonds is 6. The number of aryl methyl sites for hydroxylation is 1. The van der Waals surface area contributed by atoms with Gasteiger partial charge in [0.1, 0.15) is 0 Å². The van der Waals surface area contributed by atoms with Crippen LogP contribution in [0.15, 0.2) is 24.3 Å². The van der Waals surface area contributed by atoms with Crippen molar-refractivity contribution in [2.24, 2.45) is 0 Å². The molecule has 17 heavy (non-hydrogen) atoms. The summed E-state index contributed by atoms with van der Waals surface area (Å²) >= 11 is 0. The van der Waals surface area contributed by atoms with Crippen LogP contribution in [0, 0.1) is 0 Å². The van der Waals surface area contributed by atoms with Crippen LogP contribution in [-0.4, -0.2) is 24.0 Å². The molecule has 0 atom stereocenters. The van der Waals surface area contributed by atoms with Crippen molar-refractivity contribution in [2.45, 2.75) is 45.6 Å². The van der Waals surface area contributed by atoms with Crippen molar-refractivity contribution in [3.63, 3.8) is 0 Å². The van der Waals surface area contributed by atoms with Gasteiger partial charge in [0.05, 0.1) is 0 Å². The van der Waals surface area contributed by atoms with Gasteiger partial charge in [0.25, 0.3) is 0 Å². The molecule has 0 spiro atoms. The fraction of sp³-hybridized carbons (Fsp3) is 0.600. The smallest absolute Gasteiger partial charge is 0.0314 e. The lowest BCUT2D eigenvalue weighted by Gasteiger charge is -2.34. The van der Waals surface area contributed by atoms with Crippen molar-refractivity contribution in [3.8, 4) is 0 Å². The van der Waals surface area contributed by atoms with E-state index >= 15 is 0 Å². The van der Waals surface area contributed by atoms with Crippen LogP contribution in [0.4, 0.5) is 5.69 Å². The number of anilines is 1. The van der Waals surface area contributed by atoms with Gasteiger partial charge in [0.2, 0.25) is 0 Å². The molecule has 2 N–H and O–H groups in total. The number of nitrogens with two attached hydrogens (primary N) is 1.